The molecule has 4 rings (SSSR count). The van der Waals surface area contributed by atoms with Crippen LogP contribution in [-0.2, 0) is 9.53 Å². The maximum atomic E-state index is 13.9. The van der Waals surface area contributed by atoms with E-state index < -0.39 is 17.7 Å². The fraction of sp³-hybridized carbons (Fsp3) is 0.353. The minimum atomic E-state index is -0.763. The molecule has 0 radical (unpaired) electrons. The first kappa shape index (κ1) is 33.9. The number of ether oxygens (including phenoxy) is 1. The van der Waals surface area contributed by atoms with Crippen LogP contribution in [0.4, 0.5) is 14.9 Å². The lowest BCUT2D eigenvalue weighted by Gasteiger charge is -2.36. The van der Waals surface area contributed by atoms with Gasteiger partial charge < -0.3 is 10.1 Å². The maximum absolute atomic E-state index is 13.9. The molecule has 0 fully saturated rings. The third-order valence-electron chi connectivity index (χ3n) is 7.05. The highest BCUT2D eigenvalue weighted by molar-refractivity contribution is 6.39. The highest BCUT2D eigenvalue weighted by atomic mass is 35.5. The molecule has 1 aliphatic heterocycles. The number of aromatic nitrogens is 1. The molecule has 0 saturated carbocycles. The topological polar surface area (TPSA) is 87.1 Å². The van der Waals surface area contributed by atoms with Crippen molar-refractivity contribution in [3.63, 3.8) is 0 Å². The lowest BCUT2D eigenvalue weighted by Crippen LogP contribution is -2.44. The fourth-order valence-corrected chi connectivity index (χ4v) is 5.42. The summed E-state index contributed by atoms with van der Waals surface area (Å²) in [6.07, 6.45) is 4.05. The second-order valence-electron chi connectivity index (χ2n) is 11.7. The summed E-state index contributed by atoms with van der Waals surface area (Å²) in [6, 6.07) is 15.5. The molecule has 11 heteroatoms. The van der Waals surface area contributed by atoms with Gasteiger partial charge in [0.25, 0.3) is 5.91 Å². The number of hydrogen-bond acceptors (Lipinski definition) is 6. The fourth-order valence-electron chi connectivity index (χ4n) is 4.92. The minimum Gasteiger partial charge on any atom is -0.443 e. The number of nitrogens with one attached hydrogen (secondary N) is 1. The summed E-state index contributed by atoms with van der Waals surface area (Å²) in [5.74, 6) is -0.745. The van der Waals surface area contributed by atoms with Gasteiger partial charge in [-0.2, -0.15) is 5.10 Å². The Hall–Kier alpha value is -3.95. The summed E-state index contributed by atoms with van der Waals surface area (Å²) in [5, 5.41) is 10.4. The molecule has 3 aromatic rings. The lowest BCUT2D eigenvalue weighted by molar-refractivity contribution is -0.115. The maximum Gasteiger partial charge on any atom is 0.414 e. The number of carbonyl (C=O) groups excluding carboxylic acids is 2. The van der Waals surface area contributed by atoms with Gasteiger partial charge in [0.15, 0.2) is 0 Å². The van der Waals surface area contributed by atoms with Crippen LogP contribution in [0.1, 0.15) is 71.2 Å². The quantitative estimate of drug-likeness (QED) is 0.289. The first-order valence-corrected chi connectivity index (χ1v) is 15.6. The van der Waals surface area contributed by atoms with E-state index in [0.29, 0.717) is 45.5 Å². The van der Waals surface area contributed by atoms with E-state index in [1.165, 1.54) is 12.1 Å². The van der Waals surface area contributed by atoms with Crippen LogP contribution in [0.25, 0.3) is 6.08 Å². The standard InChI is InChI=1S/C34H38Cl2FN5O3/c1-6-29-31(20-23-12-15-25(37)16-13-23)41(33(44)45-34(3,4)5)19-9-11-28(32(43)39-22(2)27-10-7-8-18-38-27)40-42(29)30-17-14-24(35)21-26(30)36/h7-8,10,12-18,20-22,29H,6,9,11,19H2,1-5H3,(H,39,43)/b31-20-,40-28+. The Kier molecular flexibility index (Phi) is 11.2. The van der Waals surface area contributed by atoms with Gasteiger partial charge in [0.1, 0.15) is 17.1 Å². The van der Waals surface area contributed by atoms with Gasteiger partial charge in [-0.3, -0.25) is 19.7 Å². The van der Waals surface area contributed by atoms with Crippen LogP contribution in [0.2, 0.25) is 10.0 Å². The van der Waals surface area contributed by atoms with E-state index in [2.05, 4.69) is 10.3 Å². The number of hydrazone groups is 1. The number of anilines is 1. The van der Waals surface area contributed by atoms with Crippen molar-refractivity contribution in [2.45, 2.75) is 71.6 Å². The Morgan fingerprint density at radius 1 is 1.13 bits per heavy atom. The molecule has 0 spiro atoms. The molecule has 45 heavy (non-hydrogen) atoms. The van der Waals surface area contributed by atoms with Crippen LogP contribution in [-0.4, -0.2) is 45.8 Å². The number of carbonyl (C=O) groups is 2. The van der Waals surface area contributed by atoms with Crippen molar-refractivity contribution in [3.05, 3.63) is 99.7 Å². The SMILES string of the molecule is CCC1/C(=C/c2ccc(F)cc2)N(C(=O)OC(C)(C)C)CCC/C(C(=O)NC(C)c2ccccn2)=N\N1c1ccc(Cl)cc1Cl. The van der Waals surface area contributed by atoms with E-state index >= 15 is 0 Å². The number of hydrogen-bond donors (Lipinski definition) is 1. The Bertz CT molecular complexity index is 1560. The molecular weight excluding hydrogens is 616 g/mol. The van der Waals surface area contributed by atoms with Crippen LogP contribution in [0.3, 0.4) is 0 Å². The van der Waals surface area contributed by atoms with Crippen molar-refractivity contribution in [2.24, 2.45) is 5.10 Å². The van der Waals surface area contributed by atoms with Crippen molar-refractivity contribution in [1.82, 2.24) is 15.2 Å². The second-order valence-corrected chi connectivity index (χ2v) is 12.6. The highest BCUT2D eigenvalue weighted by Crippen LogP contribution is 2.35. The monoisotopic (exact) mass is 653 g/mol. The average molecular weight is 655 g/mol. The van der Waals surface area contributed by atoms with Gasteiger partial charge in [0.05, 0.1) is 28.5 Å². The van der Waals surface area contributed by atoms with E-state index in [0.717, 1.165) is 0 Å². The molecule has 2 heterocycles. The summed E-state index contributed by atoms with van der Waals surface area (Å²) < 4.78 is 19.7. The van der Waals surface area contributed by atoms with E-state index in [1.54, 1.807) is 67.2 Å². The zero-order chi connectivity index (χ0) is 32.7. The van der Waals surface area contributed by atoms with Gasteiger partial charge in [0.2, 0.25) is 0 Å². The van der Waals surface area contributed by atoms with Crippen molar-refractivity contribution in [1.29, 1.82) is 0 Å². The van der Waals surface area contributed by atoms with Crippen LogP contribution in [0.15, 0.2) is 77.7 Å². The number of benzene rings is 2. The summed E-state index contributed by atoms with van der Waals surface area (Å²) >= 11 is 13.0. The van der Waals surface area contributed by atoms with Gasteiger partial charge in [-0.1, -0.05) is 48.3 Å². The molecule has 238 valence electrons. The molecule has 0 saturated heterocycles. The van der Waals surface area contributed by atoms with Gasteiger partial charge in [-0.15, -0.1) is 0 Å². The Labute approximate surface area is 273 Å². The van der Waals surface area contributed by atoms with Gasteiger partial charge >= 0.3 is 6.09 Å². The molecule has 1 N–H and O–H groups in total. The number of nitrogens with zero attached hydrogens (tertiary/aromatic N) is 4. The van der Waals surface area contributed by atoms with Gasteiger partial charge in [0, 0.05) is 23.5 Å². The van der Waals surface area contributed by atoms with Crippen molar-refractivity contribution in [2.75, 3.05) is 11.6 Å². The lowest BCUT2D eigenvalue weighted by atomic mass is 10.0. The van der Waals surface area contributed by atoms with Crippen LogP contribution >= 0.6 is 23.2 Å². The largest absolute Gasteiger partial charge is 0.443 e. The number of halogens is 3. The van der Waals surface area contributed by atoms with Crippen LogP contribution in [0.5, 0.6) is 0 Å². The van der Waals surface area contributed by atoms with Gasteiger partial charge in [-0.25, -0.2) is 9.18 Å². The third kappa shape index (κ3) is 9.05. The normalized spacial score (nSPS) is 18.7. The number of pyridine rings is 1. The second kappa shape index (κ2) is 14.9. The van der Waals surface area contributed by atoms with E-state index in [1.807, 2.05) is 38.1 Å². The van der Waals surface area contributed by atoms with Crippen LogP contribution < -0.4 is 10.3 Å². The first-order chi connectivity index (χ1) is 21.4. The Balaban J connectivity index is 1.88. The molecular formula is C34H38Cl2FN5O3. The number of amides is 2. The summed E-state index contributed by atoms with van der Waals surface area (Å²) in [4.78, 5) is 33.5. The molecule has 0 aliphatic carbocycles. The third-order valence-corrected chi connectivity index (χ3v) is 7.59. The van der Waals surface area contributed by atoms with E-state index in [4.69, 9.17) is 33.0 Å². The van der Waals surface area contributed by atoms with Crippen molar-refractivity contribution < 1.29 is 18.7 Å². The molecule has 0 bridgehead atoms. The van der Waals surface area contributed by atoms with Crippen molar-refractivity contribution >= 4 is 52.7 Å². The smallest absolute Gasteiger partial charge is 0.414 e. The summed E-state index contributed by atoms with van der Waals surface area (Å²) in [6.45, 7) is 9.44. The molecule has 1 aliphatic rings. The van der Waals surface area contributed by atoms with Gasteiger partial charge in [-0.05, 0) is 101 Å². The molecule has 2 amide bonds. The summed E-state index contributed by atoms with van der Waals surface area (Å²) in [7, 11) is 0. The minimum absolute atomic E-state index is 0.239. The van der Waals surface area contributed by atoms with Crippen LogP contribution in [0, 0.1) is 5.82 Å². The predicted octanol–water partition coefficient (Wildman–Crippen LogP) is 8.42. The Morgan fingerprint density at radius 2 is 1.87 bits per heavy atom. The predicted molar refractivity (Wildman–Crippen MR) is 178 cm³/mol. The van der Waals surface area contributed by atoms with E-state index in [9.17, 15) is 14.0 Å². The summed E-state index contributed by atoms with van der Waals surface area (Å²) in [5.41, 5.74) is 1.92. The molecule has 1 aromatic heterocycles. The first-order valence-electron chi connectivity index (χ1n) is 14.9. The molecule has 2 aromatic carbocycles. The highest BCUT2D eigenvalue weighted by Gasteiger charge is 2.34. The molecule has 8 nitrogen and oxygen atoms in total. The zero-order valence-electron chi connectivity index (χ0n) is 26.1. The average Bonchev–Trinajstić information content (AvgIpc) is 3.05. The van der Waals surface area contributed by atoms with E-state index in [-0.39, 0.29) is 36.4 Å². The number of rotatable bonds is 6. The molecule has 2 atom stereocenters. The molecule has 2 unspecified atom stereocenters. The Morgan fingerprint density at radius 3 is 2.49 bits per heavy atom. The van der Waals surface area contributed by atoms with Crippen molar-refractivity contribution in [3.8, 4) is 0 Å². The zero-order valence-corrected chi connectivity index (χ0v) is 27.6.